The molecule has 0 saturated heterocycles. The Kier molecular flexibility index (Phi) is 4.89. The average Bonchev–Trinajstić information content (AvgIpc) is 2.35. The van der Waals surface area contributed by atoms with Gasteiger partial charge in [0.1, 0.15) is 0 Å². The molecule has 0 aliphatic heterocycles. The fourth-order valence-electron chi connectivity index (χ4n) is 1.24. The molecule has 1 unspecified atom stereocenters. The van der Waals surface area contributed by atoms with Gasteiger partial charge in [-0.25, -0.2) is 13.8 Å². The van der Waals surface area contributed by atoms with Gasteiger partial charge in [-0.15, -0.1) is 0 Å². The van der Waals surface area contributed by atoms with Crippen molar-refractivity contribution >= 4 is 0 Å². The molecule has 0 bridgehead atoms. The van der Waals surface area contributed by atoms with Crippen LogP contribution in [-0.2, 0) is 0 Å². The lowest BCUT2D eigenvalue weighted by Gasteiger charge is -2.18. The summed E-state index contributed by atoms with van der Waals surface area (Å²) in [5, 5.41) is 2.89. The van der Waals surface area contributed by atoms with E-state index >= 15 is 0 Å². The van der Waals surface area contributed by atoms with E-state index in [1.807, 2.05) is 0 Å². The highest BCUT2D eigenvalue weighted by Crippen LogP contribution is 2.26. The first-order valence-corrected chi connectivity index (χ1v) is 5.29. The summed E-state index contributed by atoms with van der Waals surface area (Å²) in [7, 11) is 1.68. The summed E-state index contributed by atoms with van der Waals surface area (Å²) in [6.07, 6.45) is -2.41. The van der Waals surface area contributed by atoms with Crippen LogP contribution in [0.5, 0.6) is 5.88 Å². The molecule has 0 spiro atoms. The largest absolute Gasteiger partial charge is 0.471 e. The summed E-state index contributed by atoms with van der Waals surface area (Å²) in [5.41, 5.74) is 0.532. The van der Waals surface area contributed by atoms with E-state index in [1.54, 1.807) is 26.1 Å². The number of rotatable bonds is 6. The summed E-state index contributed by atoms with van der Waals surface area (Å²) in [6.45, 7) is 0.375. The van der Waals surface area contributed by atoms with Crippen LogP contribution in [0, 0.1) is 0 Å². The minimum Gasteiger partial charge on any atom is -0.471 e. The van der Waals surface area contributed by atoms with E-state index in [0.29, 0.717) is 5.56 Å². The zero-order chi connectivity index (χ0) is 13.8. The van der Waals surface area contributed by atoms with Crippen molar-refractivity contribution in [1.82, 2.24) is 10.3 Å². The van der Waals surface area contributed by atoms with Gasteiger partial charge in [-0.2, -0.15) is 8.78 Å². The lowest BCUT2D eigenvalue weighted by atomic mass is 10.1. The predicted molar refractivity (Wildman–Crippen MR) is 58.2 cm³/mol. The number of hydrogen-bond donors (Lipinski definition) is 1. The fraction of sp³-hybridized carbons (Fsp3) is 0.545. The number of alkyl halides is 4. The maximum atomic E-state index is 12.7. The Labute approximate surface area is 102 Å². The van der Waals surface area contributed by atoms with Crippen LogP contribution in [0.1, 0.15) is 18.5 Å². The van der Waals surface area contributed by atoms with Gasteiger partial charge in [0.05, 0.1) is 0 Å². The second-order valence-corrected chi connectivity index (χ2v) is 3.76. The number of aromatic nitrogens is 1. The first-order chi connectivity index (χ1) is 8.38. The lowest BCUT2D eigenvalue weighted by Crippen LogP contribution is -2.34. The third-order valence-corrected chi connectivity index (χ3v) is 2.42. The summed E-state index contributed by atoms with van der Waals surface area (Å²) >= 11 is 0. The van der Waals surface area contributed by atoms with Crippen molar-refractivity contribution in [1.29, 1.82) is 0 Å². The number of nitrogens with zero attached hydrogens (tertiary/aromatic N) is 1. The molecule has 102 valence electrons. The highest BCUT2D eigenvalue weighted by Gasteiger charge is 2.42. The highest BCUT2D eigenvalue weighted by molar-refractivity contribution is 5.28. The van der Waals surface area contributed by atoms with E-state index in [2.05, 4.69) is 10.3 Å². The van der Waals surface area contributed by atoms with Gasteiger partial charge in [-0.1, -0.05) is 6.07 Å². The molecule has 0 aliphatic rings. The van der Waals surface area contributed by atoms with Crippen molar-refractivity contribution in [3.8, 4) is 5.88 Å². The van der Waals surface area contributed by atoms with Crippen LogP contribution in [0.2, 0.25) is 0 Å². The Morgan fingerprint density at radius 1 is 1.44 bits per heavy atom. The van der Waals surface area contributed by atoms with Gasteiger partial charge in [0.15, 0.2) is 6.61 Å². The van der Waals surface area contributed by atoms with E-state index in [1.165, 1.54) is 6.20 Å². The van der Waals surface area contributed by atoms with Crippen molar-refractivity contribution in [3.05, 3.63) is 23.9 Å². The van der Waals surface area contributed by atoms with Gasteiger partial charge >= 0.3 is 12.3 Å². The molecule has 0 aromatic carbocycles. The standard InChI is InChI=1S/C11H14F4N2O/c1-7(16-2)8-4-3-5-17-9(8)18-6-11(14,15)10(12)13/h3-5,7,10,16H,6H2,1-2H3. The minimum atomic E-state index is -4.18. The van der Waals surface area contributed by atoms with Crippen molar-refractivity contribution in [2.75, 3.05) is 13.7 Å². The van der Waals surface area contributed by atoms with Crippen molar-refractivity contribution < 1.29 is 22.3 Å². The molecular weight excluding hydrogens is 252 g/mol. The third kappa shape index (κ3) is 3.56. The van der Waals surface area contributed by atoms with Crippen LogP contribution in [-0.4, -0.2) is 31.0 Å². The second kappa shape index (κ2) is 5.99. The molecule has 7 heteroatoms. The highest BCUT2D eigenvalue weighted by atomic mass is 19.3. The molecule has 1 rings (SSSR count). The molecule has 18 heavy (non-hydrogen) atoms. The molecule has 1 aromatic heterocycles. The van der Waals surface area contributed by atoms with Crippen LogP contribution in [0.3, 0.4) is 0 Å². The molecule has 0 amide bonds. The Morgan fingerprint density at radius 3 is 2.67 bits per heavy atom. The van der Waals surface area contributed by atoms with Crippen LogP contribution < -0.4 is 10.1 Å². The fourth-order valence-corrected chi connectivity index (χ4v) is 1.24. The summed E-state index contributed by atoms with van der Waals surface area (Å²) in [4.78, 5) is 3.77. The molecule has 0 aliphatic carbocycles. The van der Waals surface area contributed by atoms with Crippen molar-refractivity contribution in [2.24, 2.45) is 0 Å². The van der Waals surface area contributed by atoms with Gasteiger partial charge < -0.3 is 10.1 Å². The smallest absolute Gasteiger partial charge is 0.340 e. The quantitative estimate of drug-likeness (QED) is 0.804. The zero-order valence-corrected chi connectivity index (χ0v) is 9.96. The summed E-state index contributed by atoms with van der Waals surface area (Å²) in [6, 6.07) is 3.06. The Bertz CT molecular complexity index is 387. The number of ether oxygens (including phenoxy) is 1. The van der Waals surface area contributed by atoms with Gasteiger partial charge in [0.2, 0.25) is 5.88 Å². The van der Waals surface area contributed by atoms with Crippen LogP contribution >= 0.6 is 0 Å². The monoisotopic (exact) mass is 266 g/mol. The molecule has 1 aromatic rings. The van der Waals surface area contributed by atoms with Crippen LogP contribution in [0.4, 0.5) is 17.6 Å². The Morgan fingerprint density at radius 2 is 2.11 bits per heavy atom. The molecular formula is C11H14F4N2O. The van der Waals surface area contributed by atoms with Gasteiger partial charge in [-0.3, -0.25) is 0 Å². The first kappa shape index (κ1) is 14.7. The van der Waals surface area contributed by atoms with Gasteiger partial charge in [-0.05, 0) is 20.0 Å². The van der Waals surface area contributed by atoms with Gasteiger partial charge in [0, 0.05) is 17.8 Å². The molecule has 1 N–H and O–H groups in total. The Hall–Kier alpha value is -1.37. The normalized spacial score (nSPS) is 13.7. The number of hydrogen-bond acceptors (Lipinski definition) is 3. The molecule has 3 nitrogen and oxygen atoms in total. The predicted octanol–water partition coefficient (Wildman–Crippen LogP) is 2.64. The van der Waals surface area contributed by atoms with E-state index in [4.69, 9.17) is 4.74 Å². The number of halogens is 4. The van der Waals surface area contributed by atoms with E-state index in [0.717, 1.165) is 0 Å². The summed E-state index contributed by atoms with van der Waals surface area (Å²) < 4.78 is 54.1. The van der Waals surface area contributed by atoms with E-state index in [9.17, 15) is 17.6 Å². The van der Waals surface area contributed by atoms with Crippen molar-refractivity contribution in [2.45, 2.75) is 25.3 Å². The molecule has 1 heterocycles. The van der Waals surface area contributed by atoms with Crippen LogP contribution in [0.15, 0.2) is 18.3 Å². The van der Waals surface area contributed by atoms with Crippen LogP contribution in [0.25, 0.3) is 0 Å². The number of pyridine rings is 1. The molecule has 1 atom stereocenters. The molecule has 0 fully saturated rings. The summed E-state index contributed by atoms with van der Waals surface area (Å²) in [5.74, 6) is -4.25. The second-order valence-electron chi connectivity index (χ2n) is 3.76. The molecule has 0 radical (unpaired) electrons. The SMILES string of the molecule is CNC(C)c1cccnc1OCC(F)(F)C(F)F. The maximum Gasteiger partial charge on any atom is 0.340 e. The lowest BCUT2D eigenvalue weighted by molar-refractivity contribution is -0.148. The van der Waals surface area contributed by atoms with Gasteiger partial charge in [0.25, 0.3) is 0 Å². The average molecular weight is 266 g/mol. The third-order valence-electron chi connectivity index (χ3n) is 2.42. The number of nitrogens with one attached hydrogen (secondary N) is 1. The first-order valence-electron chi connectivity index (χ1n) is 5.29. The van der Waals surface area contributed by atoms with E-state index in [-0.39, 0.29) is 11.9 Å². The van der Waals surface area contributed by atoms with E-state index < -0.39 is 19.0 Å². The minimum absolute atomic E-state index is 0.0697. The maximum absolute atomic E-state index is 12.7. The molecule has 0 saturated carbocycles. The topological polar surface area (TPSA) is 34.2 Å². The Balaban J connectivity index is 2.79. The zero-order valence-electron chi connectivity index (χ0n) is 9.96. The van der Waals surface area contributed by atoms with Crippen molar-refractivity contribution in [3.63, 3.8) is 0 Å².